The number of carbonyl (C=O) groups excluding carboxylic acids is 3. The van der Waals surface area contributed by atoms with Crippen molar-refractivity contribution in [1.29, 1.82) is 0 Å². The van der Waals surface area contributed by atoms with Gasteiger partial charge in [0.2, 0.25) is 5.91 Å². The first-order valence-corrected chi connectivity index (χ1v) is 8.31. The van der Waals surface area contributed by atoms with Crippen molar-refractivity contribution < 1.29 is 29.0 Å². The van der Waals surface area contributed by atoms with E-state index in [9.17, 15) is 19.2 Å². The monoisotopic (exact) mass is 388 g/mol. The molecule has 2 aromatic rings. The van der Waals surface area contributed by atoms with E-state index in [1.54, 1.807) is 18.2 Å². The summed E-state index contributed by atoms with van der Waals surface area (Å²) in [6.07, 6.45) is 3.03. The number of imidazole rings is 1. The van der Waals surface area contributed by atoms with Gasteiger partial charge in [-0.15, -0.1) is 0 Å². The molecule has 1 heterocycles. The highest BCUT2D eigenvalue weighted by atomic mass is 16.5. The maximum atomic E-state index is 12.5. The zero-order valence-electron chi connectivity index (χ0n) is 15.1. The van der Waals surface area contributed by atoms with E-state index >= 15 is 0 Å². The molecule has 28 heavy (non-hydrogen) atoms. The molecule has 0 radical (unpaired) electrons. The average molecular weight is 388 g/mol. The van der Waals surface area contributed by atoms with Crippen molar-refractivity contribution in [2.75, 3.05) is 20.2 Å². The van der Waals surface area contributed by atoms with Crippen LogP contribution in [-0.4, -0.2) is 70.0 Å². The summed E-state index contributed by atoms with van der Waals surface area (Å²) in [5, 5.41) is 11.5. The Morgan fingerprint density at radius 2 is 1.93 bits per heavy atom. The number of nitrogens with zero attached hydrogens (tertiary/aromatic N) is 2. The molecule has 0 saturated carbocycles. The second-order valence-electron chi connectivity index (χ2n) is 5.85. The van der Waals surface area contributed by atoms with Crippen LogP contribution in [0.4, 0.5) is 0 Å². The molecule has 0 aliphatic carbocycles. The molecule has 1 aromatic heterocycles. The van der Waals surface area contributed by atoms with Gasteiger partial charge in [0.15, 0.2) is 0 Å². The second-order valence-corrected chi connectivity index (χ2v) is 5.85. The zero-order valence-corrected chi connectivity index (χ0v) is 15.1. The topological polar surface area (TPSA) is 142 Å². The minimum atomic E-state index is -1.26. The van der Waals surface area contributed by atoms with Gasteiger partial charge in [0.1, 0.15) is 19.1 Å². The number of hydrogen-bond acceptors (Lipinski definition) is 6. The molecule has 0 bridgehead atoms. The van der Waals surface area contributed by atoms with E-state index in [4.69, 9.17) is 5.11 Å². The molecule has 0 unspecified atom stereocenters. The van der Waals surface area contributed by atoms with Crippen molar-refractivity contribution in [3.05, 3.63) is 54.1 Å². The quantitative estimate of drug-likeness (QED) is 0.507. The predicted octanol–water partition coefficient (Wildman–Crippen LogP) is -0.163. The van der Waals surface area contributed by atoms with Gasteiger partial charge in [-0.25, -0.2) is 9.78 Å². The standard InChI is InChI=1S/C18H20N4O6/c1-28-18(27)14(7-13-8-19-11-20-13)21-15(23)9-22(10-16(24)25)17(26)12-5-3-2-4-6-12/h2-6,8,11,14H,7,9-10H2,1H3,(H,19,20)(H,21,23)(H,24,25)/t14-/m0/s1. The van der Waals surface area contributed by atoms with E-state index in [1.807, 2.05) is 0 Å². The number of H-pyrrole nitrogens is 1. The molecule has 0 spiro atoms. The van der Waals surface area contributed by atoms with Crippen molar-refractivity contribution in [2.45, 2.75) is 12.5 Å². The Labute approximate surface area is 160 Å². The van der Waals surface area contributed by atoms with Gasteiger partial charge in [0, 0.05) is 23.9 Å². The molecule has 148 valence electrons. The Kier molecular flexibility index (Phi) is 7.26. The number of carbonyl (C=O) groups is 4. The molecular formula is C18H20N4O6. The van der Waals surface area contributed by atoms with Gasteiger partial charge in [-0.2, -0.15) is 0 Å². The van der Waals surface area contributed by atoms with Gasteiger partial charge in [-0.1, -0.05) is 18.2 Å². The Hall–Kier alpha value is -3.69. The number of hydrogen-bond donors (Lipinski definition) is 3. The maximum absolute atomic E-state index is 12.5. The van der Waals surface area contributed by atoms with Crippen molar-refractivity contribution in [3.63, 3.8) is 0 Å². The summed E-state index contributed by atoms with van der Waals surface area (Å²) in [7, 11) is 1.18. The van der Waals surface area contributed by atoms with Crippen molar-refractivity contribution in [3.8, 4) is 0 Å². The molecule has 3 N–H and O–H groups in total. The van der Waals surface area contributed by atoms with Crippen LogP contribution in [0.15, 0.2) is 42.9 Å². The first-order chi connectivity index (χ1) is 13.4. The van der Waals surface area contributed by atoms with Gasteiger partial charge < -0.3 is 25.0 Å². The molecule has 10 nitrogen and oxygen atoms in total. The highest BCUT2D eigenvalue weighted by molar-refractivity contribution is 5.98. The van der Waals surface area contributed by atoms with Gasteiger partial charge >= 0.3 is 11.9 Å². The number of carboxylic acid groups (broad SMARTS) is 1. The van der Waals surface area contributed by atoms with Crippen LogP contribution in [0.2, 0.25) is 0 Å². The van der Waals surface area contributed by atoms with Crippen molar-refractivity contribution in [2.24, 2.45) is 0 Å². The third kappa shape index (κ3) is 5.94. The third-order valence-corrected chi connectivity index (χ3v) is 3.77. The molecule has 0 fully saturated rings. The summed E-state index contributed by atoms with van der Waals surface area (Å²) in [6.45, 7) is -1.19. The summed E-state index contributed by atoms with van der Waals surface area (Å²) in [5.41, 5.74) is 0.844. The van der Waals surface area contributed by atoms with E-state index in [1.165, 1.54) is 31.8 Å². The fraction of sp³-hybridized carbons (Fsp3) is 0.278. The zero-order chi connectivity index (χ0) is 20.5. The Bertz CT molecular complexity index is 822. The fourth-order valence-electron chi connectivity index (χ4n) is 2.49. The third-order valence-electron chi connectivity index (χ3n) is 3.77. The Morgan fingerprint density at radius 3 is 2.50 bits per heavy atom. The Morgan fingerprint density at radius 1 is 1.21 bits per heavy atom. The number of carboxylic acids is 1. The highest BCUT2D eigenvalue weighted by Crippen LogP contribution is 2.06. The van der Waals surface area contributed by atoms with Crippen LogP contribution in [0.25, 0.3) is 0 Å². The lowest BCUT2D eigenvalue weighted by Gasteiger charge is -2.22. The average Bonchev–Trinajstić information content (AvgIpc) is 3.19. The molecular weight excluding hydrogens is 368 g/mol. The number of benzene rings is 1. The van der Waals surface area contributed by atoms with Gasteiger partial charge in [-0.05, 0) is 12.1 Å². The largest absolute Gasteiger partial charge is 0.480 e. The number of aromatic amines is 1. The Balaban J connectivity index is 2.09. The van der Waals surface area contributed by atoms with E-state index in [0.29, 0.717) is 5.69 Å². The van der Waals surface area contributed by atoms with Crippen LogP contribution in [0.5, 0.6) is 0 Å². The van der Waals surface area contributed by atoms with Gasteiger partial charge in [-0.3, -0.25) is 14.4 Å². The molecule has 1 atom stereocenters. The number of aromatic nitrogens is 2. The normalized spacial score (nSPS) is 11.3. The number of amides is 2. The minimum Gasteiger partial charge on any atom is -0.480 e. The minimum absolute atomic E-state index is 0.101. The molecule has 0 saturated heterocycles. The predicted molar refractivity (Wildman–Crippen MR) is 96.2 cm³/mol. The lowest BCUT2D eigenvalue weighted by atomic mass is 10.1. The fourth-order valence-corrected chi connectivity index (χ4v) is 2.49. The first kappa shape index (κ1) is 20.6. The van der Waals surface area contributed by atoms with Crippen LogP contribution in [-0.2, 0) is 25.5 Å². The number of ether oxygens (including phenoxy) is 1. The van der Waals surface area contributed by atoms with Gasteiger partial charge in [0.25, 0.3) is 5.91 Å². The molecule has 2 amide bonds. The van der Waals surface area contributed by atoms with Gasteiger partial charge in [0.05, 0.1) is 13.4 Å². The van der Waals surface area contributed by atoms with E-state index in [2.05, 4.69) is 20.0 Å². The van der Waals surface area contributed by atoms with E-state index < -0.39 is 42.9 Å². The van der Waals surface area contributed by atoms with Crippen LogP contribution >= 0.6 is 0 Å². The summed E-state index contributed by atoms with van der Waals surface area (Å²) in [4.78, 5) is 55.5. The number of methoxy groups -OCH3 is 1. The smallest absolute Gasteiger partial charge is 0.328 e. The number of aliphatic carboxylic acids is 1. The van der Waals surface area contributed by atoms with Crippen LogP contribution in [0, 0.1) is 0 Å². The highest BCUT2D eigenvalue weighted by Gasteiger charge is 2.26. The van der Waals surface area contributed by atoms with Crippen LogP contribution < -0.4 is 5.32 Å². The second kappa shape index (κ2) is 9.86. The maximum Gasteiger partial charge on any atom is 0.328 e. The lowest BCUT2D eigenvalue weighted by Crippen LogP contribution is -2.49. The summed E-state index contributed by atoms with van der Waals surface area (Å²) in [6, 6.07) is 6.99. The summed E-state index contributed by atoms with van der Waals surface area (Å²) < 4.78 is 4.69. The molecule has 1 aromatic carbocycles. The summed E-state index contributed by atoms with van der Waals surface area (Å²) in [5.74, 6) is -3.25. The van der Waals surface area contributed by atoms with E-state index in [0.717, 1.165) is 4.90 Å². The molecule has 2 rings (SSSR count). The molecule has 0 aliphatic heterocycles. The first-order valence-electron chi connectivity index (χ1n) is 8.31. The van der Waals surface area contributed by atoms with Crippen LogP contribution in [0.1, 0.15) is 16.1 Å². The SMILES string of the molecule is COC(=O)[C@H](Cc1cnc[nH]1)NC(=O)CN(CC(=O)O)C(=O)c1ccccc1. The summed E-state index contributed by atoms with van der Waals surface area (Å²) >= 11 is 0. The molecule has 0 aliphatic rings. The van der Waals surface area contributed by atoms with Crippen LogP contribution in [0.3, 0.4) is 0 Å². The van der Waals surface area contributed by atoms with Crippen molar-refractivity contribution in [1.82, 2.24) is 20.2 Å². The lowest BCUT2D eigenvalue weighted by molar-refractivity contribution is -0.145. The molecule has 10 heteroatoms. The number of nitrogens with one attached hydrogen (secondary N) is 2. The number of rotatable bonds is 9. The number of esters is 1. The van der Waals surface area contributed by atoms with Crippen molar-refractivity contribution >= 4 is 23.8 Å². The van der Waals surface area contributed by atoms with E-state index in [-0.39, 0.29) is 12.0 Å².